The van der Waals surface area contributed by atoms with Crippen molar-refractivity contribution in [3.8, 4) is 11.5 Å². The van der Waals surface area contributed by atoms with Crippen LogP contribution in [0.15, 0.2) is 40.0 Å². The number of nitrogens with one attached hydrogen (secondary N) is 2. The Morgan fingerprint density at radius 3 is 2.90 bits per heavy atom. The van der Waals surface area contributed by atoms with Crippen molar-refractivity contribution in [2.45, 2.75) is 6.54 Å². The number of hydrogen-bond donors (Lipinski definition) is 2. The Hall–Kier alpha value is -1.85. The molecule has 0 unspecified atom stereocenters. The van der Waals surface area contributed by atoms with Crippen molar-refractivity contribution in [1.82, 2.24) is 10.6 Å². The number of carbonyl (C=O) groups excluding carboxylic acids is 1. The van der Waals surface area contributed by atoms with Gasteiger partial charge in [0.15, 0.2) is 11.5 Å². The van der Waals surface area contributed by atoms with Gasteiger partial charge >= 0.3 is 0 Å². The third-order valence-corrected chi connectivity index (χ3v) is 3.73. The minimum atomic E-state index is -0.305. The van der Waals surface area contributed by atoms with Gasteiger partial charge in [-0.1, -0.05) is 29.3 Å². The first-order valence-electron chi connectivity index (χ1n) is 6.30. The third-order valence-electron chi connectivity index (χ3n) is 3.11. The molecule has 1 aromatic rings. The van der Waals surface area contributed by atoms with Crippen LogP contribution in [0.2, 0.25) is 0 Å². The third kappa shape index (κ3) is 2.94. The fourth-order valence-electron chi connectivity index (χ4n) is 2.07. The van der Waals surface area contributed by atoms with Gasteiger partial charge in [-0.05, 0) is 17.7 Å². The maximum Gasteiger partial charge on any atom is 0.254 e. The quantitative estimate of drug-likeness (QED) is 0.894. The van der Waals surface area contributed by atoms with E-state index in [0.717, 1.165) is 5.56 Å². The molecule has 0 fully saturated rings. The van der Waals surface area contributed by atoms with Gasteiger partial charge in [0.1, 0.15) is 0 Å². The predicted octanol–water partition coefficient (Wildman–Crippen LogP) is 2.21. The van der Waals surface area contributed by atoms with Crippen molar-refractivity contribution in [3.05, 3.63) is 45.6 Å². The summed E-state index contributed by atoms with van der Waals surface area (Å²) < 4.78 is 10.5. The van der Waals surface area contributed by atoms with Crippen LogP contribution in [0.5, 0.6) is 11.5 Å². The zero-order valence-corrected chi connectivity index (χ0v) is 12.4. The second kappa shape index (κ2) is 5.87. The monoisotopic (exact) mass is 326 g/mol. The van der Waals surface area contributed by atoms with E-state index >= 15 is 0 Å². The minimum Gasteiger partial charge on any atom is -0.454 e. The number of carbonyl (C=O) groups is 1. The standard InChI is InChI=1S/C14H12Cl2N2O3/c15-9-5-17-6-10(16)13(9)14(19)18-4-8-1-2-11-12(3-8)21-7-20-11/h1-3,5,17H,4,6-7H2,(H,18,19). The zero-order chi connectivity index (χ0) is 14.8. The first kappa shape index (κ1) is 14.1. The molecule has 2 aliphatic rings. The van der Waals surface area contributed by atoms with Crippen LogP contribution in [0.4, 0.5) is 0 Å². The molecule has 7 heteroatoms. The molecule has 1 amide bonds. The van der Waals surface area contributed by atoms with E-state index in [9.17, 15) is 4.79 Å². The van der Waals surface area contributed by atoms with Crippen LogP contribution < -0.4 is 20.1 Å². The summed E-state index contributed by atoms with van der Waals surface area (Å²) in [4.78, 5) is 12.2. The lowest BCUT2D eigenvalue weighted by Crippen LogP contribution is -2.28. The van der Waals surface area contributed by atoms with Crippen LogP contribution in [0.1, 0.15) is 5.56 Å². The summed E-state index contributed by atoms with van der Waals surface area (Å²) in [7, 11) is 0. The SMILES string of the molecule is O=C(NCc1ccc2c(c1)OCO2)C1=C(Cl)CNC=C1Cl. The molecular weight excluding hydrogens is 315 g/mol. The molecule has 0 aromatic heterocycles. The number of amides is 1. The van der Waals surface area contributed by atoms with Crippen molar-refractivity contribution < 1.29 is 14.3 Å². The summed E-state index contributed by atoms with van der Waals surface area (Å²) in [6.45, 7) is 0.965. The summed E-state index contributed by atoms with van der Waals surface area (Å²) in [5.74, 6) is 1.08. The van der Waals surface area contributed by atoms with Gasteiger partial charge in [0.25, 0.3) is 5.91 Å². The van der Waals surface area contributed by atoms with E-state index < -0.39 is 0 Å². The number of ether oxygens (including phenoxy) is 2. The van der Waals surface area contributed by atoms with Crippen LogP contribution in [-0.2, 0) is 11.3 Å². The lowest BCUT2D eigenvalue weighted by Gasteiger charge is -2.15. The van der Waals surface area contributed by atoms with Gasteiger partial charge in [-0.2, -0.15) is 0 Å². The van der Waals surface area contributed by atoms with E-state index in [1.54, 1.807) is 6.20 Å². The molecule has 0 spiro atoms. The second-order valence-electron chi connectivity index (χ2n) is 4.52. The molecule has 0 bridgehead atoms. The van der Waals surface area contributed by atoms with Crippen LogP contribution in [0.3, 0.4) is 0 Å². The number of fused-ring (bicyclic) bond motifs is 1. The normalized spacial score (nSPS) is 16.4. The Bertz CT molecular complexity index is 656. The zero-order valence-electron chi connectivity index (χ0n) is 10.9. The number of dihydropyridines is 1. The van der Waals surface area contributed by atoms with Crippen molar-refractivity contribution >= 4 is 29.1 Å². The number of benzene rings is 1. The molecule has 2 aliphatic heterocycles. The Labute approximate surface area is 131 Å². The van der Waals surface area contributed by atoms with E-state index in [1.807, 2.05) is 18.2 Å². The van der Waals surface area contributed by atoms with E-state index in [1.165, 1.54) is 0 Å². The molecule has 110 valence electrons. The van der Waals surface area contributed by atoms with Crippen LogP contribution in [0, 0.1) is 0 Å². The van der Waals surface area contributed by atoms with Gasteiger partial charge in [-0.3, -0.25) is 4.79 Å². The van der Waals surface area contributed by atoms with Gasteiger partial charge in [-0.15, -0.1) is 0 Å². The second-order valence-corrected chi connectivity index (χ2v) is 5.39. The molecule has 1 aromatic carbocycles. The topological polar surface area (TPSA) is 59.6 Å². The van der Waals surface area contributed by atoms with Crippen molar-refractivity contribution in [1.29, 1.82) is 0 Å². The highest BCUT2D eigenvalue weighted by Gasteiger charge is 2.20. The smallest absolute Gasteiger partial charge is 0.254 e. The minimum absolute atomic E-state index is 0.223. The van der Waals surface area contributed by atoms with Crippen LogP contribution in [0.25, 0.3) is 0 Å². The van der Waals surface area contributed by atoms with E-state index in [4.69, 9.17) is 32.7 Å². The fourth-order valence-corrected chi connectivity index (χ4v) is 2.66. The van der Waals surface area contributed by atoms with Crippen LogP contribution in [-0.4, -0.2) is 19.2 Å². The molecule has 2 heterocycles. The van der Waals surface area contributed by atoms with Crippen molar-refractivity contribution in [3.63, 3.8) is 0 Å². The molecule has 0 aliphatic carbocycles. The molecule has 2 N–H and O–H groups in total. The van der Waals surface area contributed by atoms with Gasteiger partial charge in [0.2, 0.25) is 6.79 Å². The summed E-state index contributed by atoms with van der Waals surface area (Å²) in [6, 6.07) is 5.51. The highest BCUT2D eigenvalue weighted by molar-refractivity contribution is 6.40. The summed E-state index contributed by atoms with van der Waals surface area (Å²) in [5.41, 5.74) is 1.20. The lowest BCUT2D eigenvalue weighted by atomic mass is 10.1. The molecule has 0 atom stereocenters. The van der Waals surface area contributed by atoms with Crippen LogP contribution >= 0.6 is 23.2 Å². The number of rotatable bonds is 3. The maximum atomic E-state index is 12.2. The van der Waals surface area contributed by atoms with Gasteiger partial charge in [-0.25, -0.2) is 0 Å². The summed E-state index contributed by atoms with van der Waals surface area (Å²) >= 11 is 12.0. The predicted molar refractivity (Wildman–Crippen MR) is 79.2 cm³/mol. The molecule has 3 rings (SSSR count). The van der Waals surface area contributed by atoms with Gasteiger partial charge in [0, 0.05) is 12.7 Å². The van der Waals surface area contributed by atoms with Gasteiger partial charge in [0.05, 0.1) is 22.2 Å². The molecular formula is C14H12Cl2N2O3. The lowest BCUT2D eigenvalue weighted by molar-refractivity contribution is -0.117. The Balaban J connectivity index is 1.68. The largest absolute Gasteiger partial charge is 0.454 e. The first-order chi connectivity index (χ1) is 10.1. The number of hydrogen-bond acceptors (Lipinski definition) is 4. The highest BCUT2D eigenvalue weighted by Crippen LogP contribution is 2.32. The highest BCUT2D eigenvalue weighted by atomic mass is 35.5. The molecule has 21 heavy (non-hydrogen) atoms. The average Bonchev–Trinajstić information content (AvgIpc) is 2.92. The van der Waals surface area contributed by atoms with E-state index in [0.29, 0.717) is 40.2 Å². The molecule has 0 saturated carbocycles. The van der Waals surface area contributed by atoms with Crippen molar-refractivity contribution in [2.24, 2.45) is 0 Å². The Morgan fingerprint density at radius 1 is 1.29 bits per heavy atom. The van der Waals surface area contributed by atoms with E-state index in [2.05, 4.69) is 10.6 Å². The van der Waals surface area contributed by atoms with E-state index in [-0.39, 0.29) is 12.7 Å². The molecule has 0 saturated heterocycles. The molecule has 0 radical (unpaired) electrons. The number of halogens is 2. The van der Waals surface area contributed by atoms with Gasteiger partial charge < -0.3 is 20.1 Å². The Kier molecular flexibility index (Phi) is 3.94. The fraction of sp³-hybridized carbons (Fsp3) is 0.214. The average molecular weight is 327 g/mol. The summed E-state index contributed by atoms with van der Waals surface area (Å²) in [5, 5.41) is 6.36. The molecule has 5 nitrogen and oxygen atoms in total. The first-order valence-corrected chi connectivity index (χ1v) is 7.05. The Morgan fingerprint density at radius 2 is 2.10 bits per heavy atom. The summed E-state index contributed by atoms with van der Waals surface area (Å²) in [6.07, 6.45) is 1.56. The maximum absolute atomic E-state index is 12.2. The van der Waals surface area contributed by atoms with Crippen molar-refractivity contribution in [2.75, 3.05) is 13.3 Å².